The molecule has 0 bridgehead atoms. The highest BCUT2D eigenvalue weighted by atomic mass is 19.1. The summed E-state index contributed by atoms with van der Waals surface area (Å²) in [4.78, 5) is 11.3. The summed E-state index contributed by atoms with van der Waals surface area (Å²) in [5, 5.41) is 13.5. The van der Waals surface area contributed by atoms with Gasteiger partial charge in [0.2, 0.25) is 0 Å². The number of halogens is 1. The molecule has 4 nitrogen and oxygen atoms in total. The second-order valence-electron chi connectivity index (χ2n) is 5.12. The van der Waals surface area contributed by atoms with E-state index in [0.717, 1.165) is 6.42 Å². The minimum absolute atomic E-state index is 0.0267. The molecular formula is C15H17FN2O2. The van der Waals surface area contributed by atoms with Gasteiger partial charge in [-0.15, -0.1) is 0 Å². The molecule has 2 rings (SSSR count). The van der Waals surface area contributed by atoms with Crippen LogP contribution in [0.4, 0.5) is 4.39 Å². The first kappa shape index (κ1) is 14.2. The molecule has 0 fully saturated rings. The number of hydrogen-bond acceptors (Lipinski definition) is 2. The topological polar surface area (TPSA) is 55.1 Å². The van der Waals surface area contributed by atoms with E-state index in [0.29, 0.717) is 12.5 Å². The summed E-state index contributed by atoms with van der Waals surface area (Å²) in [5.41, 5.74) is 0.423. The van der Waals surface area contributed by atoms with Crippen LogP contribution in [0.15, 0.2) is 30.5 Å². The summed E-state index contributed by atoms with van der Waals surface area (Å²) >= 11 is 0. The van der Waals surface area contributed by atoms with Crippen LogP contribution in [0.1, 0.15) is 30.6 Å². The zero-order chi connectivity index (χ0) is 14.7. The maximum atomic E-state index is 13.8. The number of carboxylic acid groups (broad SMARTS) is 1. The van der Waals surface area contributed by atoms with Crippen LogP contribution in [0.5, 0.6) is 0 Å². The zero-order valence-electron chi connectivity index (χ0n) is 11.5. The predicted molar refractivity (Wildman–Crippen MR) is 74.0 cm³/mol. The van der Waals surface area contributed by atoms with E-state index in [4.69, 9.17) is 0 Å². The molecule has 0 unspecified atom stereocenters. The normalized spacial score (nSPS) is 11.0. The molecule has 5 heteroatoms. The summed E-state index contributed by atoms with van der Waals surface area (Å²) in [7, 11) is 0. The van der Waals surface area contributed by atoms with E-state index in [1.54, 1.807) is 16.8 Å². The Kier molecular flexibility index (Phi) is 4.17. The van der Waals surface area contributed by atoms with Gasteiger partial charge in [0, 0.05) is 18.3 Å². The van der Waals surface area contributed by atoms with Gasteiger partial charge in [0.25, 0.3) is 0 Å². The van der Waals surface area contributed by atoms with E-state index in [-0.39, 0.29) is 16.8 Å². The van der Waals surface area contributed by atoms with E-state index in [1.165, 1.54) is 18.3 Å². The summed E-state index contributed by atoms with van der Waals surface area (Å²) in [5.74, 6) is -1.08. The third-order valence-electron chi connectivity index (χ3n) is 3.06. The van der Waals surface area contributed by atoms with E-state index in [2.05, 4.69) is 18.9 Å². The minimum atomic E-state index is -1.10. The fourth-order valence-electron chi connectivity index (χ4n) is 1.94. The molecule has 0 saturated heterocycles. The van der Waals surface area contributed by atoms with Crippen LogP contribution in [-0.2, 0) is 6.54 Å². The van der Waals surface area contributed by atoms with Crippen LogP contribution in [0.2, 0.25) is 0 Å². The molecule has 0 atom stereocenters. The molecule has 0 saturated carbocycles. The summed E-state index contributed by atoms with van der Waals surface area (Å²) < 4.78 is 15.4. The number of benzene rings is 1. The Hall–Kier alpha value is -2.17. The molecule has 106 valence electrons. The SMILES string of the molecule is CC(C)CCn1cc(C(=O)O)c(-c2ccccc2F)n1. The lowest BCUT2D eigenvalue weighted by Gasteiger charge is -2.04. The highest BCUT2D eigenvalue weighted by Crippen LogP contribution is 2.25. The molecule has 20 heavy (non-hydrogen) atoms. The van der Waals surface area contributed by atoms with Gasteiger partial charge in [0.1, 0.15) is 17.1 Å². The first-order valence-electron chi connectivity index (χ1n) is 6.54. The van der Waals surface area contributed by atoms with Crippen molar-refractivity contribution in [1.82, 2.24) is 9.78 Å². The van der Waals surface area contributed by atoms with Gasteiger partial charge in [0.15, 0.2) is 0 Å². The second kappa shape index (κ2) is 5.86. The number of aryl methyl sites for hydroxylation is 1. The number of nitrogens with zero attached hydrogens (tertiary/aromatic N) is 2. The molecule has 0 amide bonds. The van der Waals surface area contributed by atoms with E-state index < -0.39 is 11.8 Å². The smallest absolute Gasteiger partial charge is 0.339 e. The molecule has 0 aliphatic rings. The summed E-state index contributed by atoms with van der Waals surface area (Å²) in [6.07, 6.45) is 2.35. The lowest BCUT2D eigenvalue weighted by Crippen LogP contribution is -2.02. The van der Waals surface area contributed by atoms with Crippen LogP contribution < -0.4 is 0 Å². The Morgan fingerprint density at radius 3 is 2.70 bits per heavy atom. The van der Waals surface area contributed by atoms with Gasteiger partial charge in [-0.25, -0.2) is 9.18 Å². The number of aromatic nitrogens is 2. The van der Waals surface area contributed by atoms with Crippen molar-refractivity contribution in [2.24, 2.45) is 5.92 Å². The molecule has 1 N–H and O–H groups in total. The van der Waals surface area contributed by atoms with Crippen LogP contribution >= 0.6 is 0 Å². The van der Waals surface area contributed by atoms with Gasteiger partial charge >= 0.3 is 5.97 Å². The van der Waals surface area contributed by atoms with Crippen molar-refractivity contribution in [3.05, 3.63) is 41.8 Å². The Morgan fingerprint density at radius 2 is 2.10 bits per heavy atom. The Morgan fingerprint density at radius 1 is 1.40 bits per heavy atom. The van der Waals surface area contributed by atoms with E-state index >= 15 is 0 Å². The van der Waals surface area contributed by atoms with Gasteiger partial charge < -0.3 is 5.11 Å². The van der Waals surface area contributed by atoms with Crippen molar-refractivity contribution < 1.29 is 14.3 Å². The van der Waals surface area contributed by atoms with E-state index in [9.17, 15) is 14.3 Å². The average molecular weight is 276 g/mol. The van der Waals surface area contributed by atoms with Gasteiger partial charge in [-0.3, -0.25) is 4.68 Å². The standard InChI is InChI=1S/C15H17FN2O2/c1-10(2)7-8-18-9-12(15(19)20)14(17-18)11-5-3-4-6-13(11)16/h3-6,9-10H,7-8H2,1-2H3,(H,19,20). The van der Waals surface area contributed by atoms with Crippen molar-refractivity contribution in [1.29, 1.82) is 0 Å². The number of carboxylic acids is 1. The lowest BCUT2D eigenvalue weighted by atomic mass is 10.1. The number of aromatic carboxylic acids is 1. The molecule has 1 aromatic heterocycles. The van der Waals surface area contributed by atoms with Crippen molar-refractivity contribution >= 4 is 5.97 Å². The number of carbonyl (C=O) groups is 1. The van der Waals surface area contributed by atoms with Crippen molar-refractivity contribution in [2.45, 2.75) is 26.8 Å². The second-order valence-corrected chi connectivity index (χ2v) is 5.12. The largest absolute Gasteiger partial charge is 0.478 e. The fraction of sp³-hybridized carbons (Fsp3) is 0.333. The molecule has 0 aliphatic heterocycles. The molecule has 2 aromatic rings. The first-order valence-corrected chi connectivity index (χ1v) is 6.54. The third kappa shape index (κ3) is 3.04. The monoisotopic (exact) mass is 276 g/mol. The molecule has 0 aliphatic carbocycles. The highest BCUT2D eigenvalue weighted by Gasteiger charge is 2.19. The fourth-order valence-corrected chi connectivity index (χ4v) is 1.94. The Bertz CT molecular complexity index is 620. The van der Waals surface area contributed by atoms with Gasteiger partial charge in [-0.05, 0) is 24.5 Å². The third-order valence-corrected chi connectivity index (χ3v) is 3.06. The lowest BCUT2D eigenvalue weighted by molar-refractivity contribution is 0.0697. The Labute approximate surface area is 116 Å². The highest BCUT2D eigenvalue weighted by molar-refractivity contribution is 5.94. The maximum Gasteiger partial charge on any atom is 0.339 e. The Balaban J connectivity index is 2.41. The van der Waals surface area contributed by atoms with Crippen molar-refractivity contribution in [3.63, 3.8) is 0 Å². The van der Waals surface area contributed by atoms with Crippen LogP contribution in [0.25, 0.3) is 11.3 Å². The van der Waals surface area contributed by atoms with Crippen molar-refractivity contribution in [3.8, 4) is 11.3 Å². The molecule has 0 radical (unpaired) electrons. The number of hydrogen-bond donors (Lipinski definition) is 1. The number of rotatable bonds is 5. The summed E-state index contributed by atoms with van der Waals surface area (Å²) in [6, 6.07) is 6.07. The van der Waals surface area contributed by atoms with Gasteiger partial charge in [-0.1, -0.05) is 26.0 Å². The van der Waals surface area contributed by atoms with Crippen molar-refractivity contribution in [2.75, 3.05) is 0 Å². The van der Waals surface area contributed by atoms with Gasteiger partial charge in [-0.2, -0.15) is 5.10 Å². The minimum Gasteiger partial charge on any atom is -0.478 e. The van der Waals surface area contributed by atoms with E-state index in [1.807, 2.05) is 0 Å². The molecular weight excluding hydrogens is 259 g/mol. The van der Waals surface area contributed by atoms with Crippen LogP contribution in [0, 0.1) is 11.7 Å². The van der Waals surface area contributed by atoms with Crippen LogP contribution in [-0.4, -0.2) is 20.9 Å². The first-order chi connectivity index (χ1) is 9.49. The molecule has 0 spiro atoms. The van der Waals surface area contributed by atoms with Crippen LogP contribution in [0.3, 0.4) is 0 Å². The zero-order valence-corrected chi connectivity index (χ0v) is 11.5. The summed E-state index contributed by atoms with van der Waals surface area (Å²) in [6.45, 7) is 4.78. The molecule has 1 aromatic carbocycles. The maximum absolute atomic E-state index is 13.8. The quantitative estimate of drug-likeness (QED) is 0.910. The predicted octanol–water partition coefficient (Wildman–Crippen LogP) is 3.43. The van der Waals surface area contributed by atoms with Gasteiger partial charge in [0.05, 0.1) is 0 Å². The molecule has 1 heterocycles. The average Bonchev–Trinajstić information content (AvgIpc) is 2.81.